The monoisotopic (exact) mass is 698 g/mol. The molecule has 3 unspecified atom stereocenters. The van der Waals surface area contributed by atoms with E-state index in [0.29, 0.717) is 17.0 Å². The molecule has 1 amide bonds. The fraction of sp³-hybridized carbons (Fsp3) is 0.368. The van der Waals surface area contributed by atoms with Crippen LogP contribution < -0.4 is 21.9 Å². The number of H-pyrrole nitrogens is 2. The predicted octanol–water partition coefficient (Wildman–Crippen LogP) is -1.56. The minimum absolute atomic E-state index is 0.152. The first-order valence-electron chi connectivity index (χ1n) is 12.3. The van der Waals surface area contributed by atoms with Crippen LogP contribution in [-0.4, -0.2) is 92.0 Å². The number of hydrogen-bond acceptors (Lipinski definition) is 15. The van der Waals surface area contributed by atoms with Crippen LogP contribution in [0.4, 0.5) is 5.82 Å². The number of nitrogens with one attached hydrogen (secondary N) is 4. The first kappa shape index (κ1) is 34.4. The number of aliphatic hydroxyl groups excluding tert-OH is 1. The number of aromatic amines is 2. The molecule has 0 radical (unpaired) electrons. The SMILES string of the molecule is O=C(/C=C/c1cn([C@H]2CC(O)[C@@H](COP(=O)(O)OP(=O)(O)OP(=O)(O)O)O2)c(=O)[nH]c1=O)NCCNc1ncnc2nc[nH]c12. The lowest BCUT2D eigenvalue weighted by atomic mass is 10.2. The molecule has 1 fully saturated rings. The van der Waals surface area contributed by atoms with Crippen molar-refractivity contribution in [1.29, 1.82) is 0 Å². The molecule has 4 rings (SSSR count). The van der Waals surface area contributed by atoms with Gasteiger partial charge in [-0.3, -0.25) is 23.7 Å². The number of carbonyl (C=O) groups excluding carboxylic acids is 1. The maximum Gasteiger partial charge on any atom is 0.490 e. The van der Waals surface area contributed by atoms with Crippen LogP contribution in [0.1, 0.15) is 18.2 Å². The van der Waals surface area contributed by atoms with Gasteiger partial charge in [-0.2, -0.15) is 8.62 Å². The highest BCUT2D eigenvalue weighted by Crippen LogP contribution is 2.66. The Labute approximate surface area is 249 Å². The molecule has 5 atom stereocenters. The number of phosphoric ester groups is 1. The Morgan fingerprint density at radius 3 is 2.60 bits per heavy atom. The number of anilines is 1. The van der Waals surface area contributed by atoms with Crippen molar-refractivity contribution in [3.63, 3.8) is 0 Å². The predicted molar refractivity (Wildman–Crippen MR) is 148 cm³/mol. The Bertz CT molecular complexity index is 1840. The molecule has 0 spiro atoms. The van der Waals surface area contributed by atoms with E-state index in [1.54, 1.807) is 0 Å². The zero-order chi connectivity index (χ0) is 33.0. The van der Waals surface area contributed by atoms with Gasteiger partial charge in [0.2, 0.25) is 5.91 Å². The number of phosphoric acid groups is 3. The van der Waals surface area contributed by atoms with Gasteiger partial charge in [0.15, 0.2) is 11.5 Å². The van der Waals surface area contributed by atoms with Gasteiger partial charge >= 0.3 is 29.2 Å². The molecule has 4 heterocycles. The van der Waals surface area contributed by atoms with E-state index in [2.05, 4.69) is 43.7 Å². The Kier molecular flexibility index (Phi) is 10.6. The number of hydrogen-bond donors (Lipinski definition) is 9. The average molecular weight is 698 g/mol. The molecule has 0 bridgehead atoms. The van der Waals surface area contributed by atoms with Crippen LogP contribution in [0.25, 0.3) is 17.2 Å². The third-order valence-corrected chi connectivity index (χ3v) is 9.48. The number of imidazole rings is 1. The fourth-order valence-electron chi connectivity index (χ4n) is 3.83. The average Bonchev–Trinajstić information content (AvgIpc) is 3.54. The third-order valence-electron chi connectivity index (χ3n) is 5.68. The van der Waals surface area contributed by atoms with E-state index >= 15 is 0 Å². The van der Waals surface area contributed by atoms with Crippen molar-refractivity contribution in [2.45, 2.75) is 24.9 Å². The van der Waals surface area contributed by atoms with E-state index < -0.39 is 65.7 Å². The van der Waals surface area contributed by atoms with Gasteiger partial charge in [-0.1, -0.05) is 0 Å². The van der Waals surface area contributed by atoms with Crippen molar-refractivity contribution >= 4 is 52.4 Å². The molecule has 3 aromatic heterocycles. The summed E-state index contributed by atoms with van der Waals surface area (Å²) in [6.07, 6.45) is 1.56. The van der Waals surface area contributed by atoms with E-state index in [-0.39, 0.29) is 25.1 Å². The molecule has 1 aliphatic rings. The van der Waals surface area contributed by atoms with E-state index in [4.69, 9.17) is 14.5 Å². The minimum Gasteiger partial charge on any atom is -0.390 e. The van der Waals surface area contributed by atoms with Gasteiger partial charge in [0.05, 0.1) is 24.6 Å². The van der Waals surface area contributed by atoms with E-state index in [1.165, 1.54) is 12.7 Å². The van der Waals surface area contributed by atoms with E-state index in [1.807, 2.05) is 4.98 Å². The number of rotatable bonds is 14. The normalized spacial score (nSPS) is 21.5. The summed E-state index contributed by atoms with van der Waals surface area (Å²) in [6, 6.07) is 0. The van der Waals surface area contributed by atoms with Crippen molar-refractivity contribution in [2.24, 2.45) is 0 Å². The van der Waals surface area contributed by atoms with Crippen molar-refractivity contribution in [2.75, 3.05) is 25.0 Å². The second kappa shape index (κ2) is 13.9. The van der Waals surface area contributed by atoms with Crippen LogP contribution in [0.5, 0.6) is 0 Å². The number of aliphatic hydroxyl groups is 1. The lowest BCUT2D eigenvalue weighted by Crippen LogP contribution is -2.33. The standard InChI is InChI=1S/C19H25N8O15P3/c28-11-5-14(40-12(11)7-39-44(35,36)42-45(37,38)41-43(32,33)34)27-6-10(18(30)26-19(27)31)1-2-13(29)20-3-4-21-16-15-17(23-8-22-15)25-9-24-16/h1-2,6,8-9,11-12,14,28H,3-5,7H2,(H,20,29)(H,35,36)(H,37,38)(H,26,30,31)(H2,32,33,34)(H2,21,22,23,24,25)/b2-1+/t11?,12-,14-/m1/s1. The minimum atomic E-state index is -5.76. The number of nitrogens with zero attached hydrogens (tertiary/aromatic N) is 4. The Hall–Kier alpha value is -3.43. The molecule has 0 aromatic carbocycles. The summed E-state index contributed by atoms with van der Waals surface area (Å²) in [5.41, 5.74) is -0.920. The number of fused-ring (bicyclic) bond motifs is 1. The summed E-state index contributed by atoms with van der Waals surface area (Å²) < 4.78 is 52.1. The first-order valence-corrected chi connectivity index (χ1v) is 16.9. The van der Waals surface area contributed by atoms with Crippen molar-refractivity contribution in [1.82, 2.24) is 34.8 Å². The third kappa shape index (κ3) is 9.78. The van der Waals surface area contributed by atoms with Gasteiger partial charge in [-0.25, -0.2) is 33.4 Å². The molecule has 0 aliphatic carbocycles. The van der Waals surface area contributed by atoms with Gasteiger partial charge in [0.1, 0.15) is 24.2 Å². The highest BCUT2D eigenvalue weighted by Gasteiger charge is 2.43. The van der Waals surface area contributed by atoms with E-state index in [0.717, 1.165) is 22.9 Å². The van der Waals surface area contributed by atoms with Gasteiger partial charge in [0, 0.05) is 31.8 Å². The highest BCUT2D eigenvalue weighted by atomic mass is 31.3. The van der Waals surface area contributed by atoms with Crippen LogP contribution in [0.2, 0.25) is 0 Å². The van der Waals surface area contributed by atoms with Crippen molar-refractivity contribution < 1.29 is 61.1 Å². The summed E-state index contributed by atoms with van der Waals surface area (Å²) in [7, 11) is -16.9. The fourth-order valence-corrected chi connectivity index (χ4v) is 6.86. The zero-order valence-corrected chi connectivity index (χ0v) is 25.1. The maximum absolute atomic E-state index is 12.4. The summed E-state index contributed by atoms with van der Waals surface area (Å²) in [6.45, 7) is -0.528. The molecule has 3 aromatic rings. The number of ether oxygens (including phenoxy) is 1. The second-order valence-corrected chi connectivity index (χ2v) is 13.4. The Morgan fingerprint density at radius 2 is 1.87 bits per heavy atom. The van der Waals surface area contributed by atoms with Crippen LogP contribution in [0.3, 0.4) is 0 Å². The number of aromatic nitrogens is 6. The van der Waals surface area contributed by atoms with Crippen LogP contribution in [0.15, 0.2) is 34.5 Å². The summed E-state index contributed by atoms with van der Waals surface area (Å²) in [4.78, 5) is 89.9. The van der Waals surface area contributed by atoms with Crippen molar-refractivity contribution in [3.05, 3.63) is 51.3 Å². The van der Waals surface area contributed by atoms with Gasteiger partial charge < -0.3 is 45.0 Å². The molecular weight excluding hydrogens is 673 g/mol. The lowest BCUT2D eigenvalue weighted by Gasteiger charge is -2.19. The lowest BCUT2D eigenvalue weighted by molar-refractivity contribution is -0.116. The molecule has 1 saturated heterocycles. The highest BCUT2D eigenvalue weighted by molar-refractivity contribution is 7.66. The van der Waals surface area contributed by atoms with Gasteiger partial charge in [-0.05, 0) is 6.08 Å². The van der Waals surface area contributed by atoms with E-state index in [9.17, 15) is 43.0 Å². The molecule has 246 valence electrons. The molecule has 0 saturated carbocycles. The number of amides is 1. The maximum atomic E-state index is 12.4. The Balaban J connectivity index is 1.32. The molecule has 9 N–H and O–H groups in total. The number of carbonyl (C=O) groups is 1. The van der Waals surface area contributed by atoms with Crippen LogP contribution in [-0.2, 0) is 36.4 Å². The first-order chi connectivity index (χ1) is 21.0. The zero-order valence-electron chi connectivity index (χ0n) is 22.4. The molecule has 23 nitrogen and oxygen atoms in total. The van der Waals surface area contributed by atoms with Crippen LogP contribution in [0, 0.1) is 0 Å². The molecule has 1 aliphatic heterocycles. The molecule has 45 heavy (non-hydrogen) atoms. The largest absolute Gasteiger partial charge is 0.490 e. The quantitative estimate of drug-likeness (QED) is 0.0522. The summed E-state index contributed by atoms with van der Waals surface area (Å²) >= 11 is 0. The van der Waals surface area contributed by atoms with Crippen LogP contribution >= 0.6 is 23.5 Å². The van der Waals surface area contributed by atoms with Gasteiger partial charge in [-0.15, -0.1) is 0 Å². The smallest absolute Gasteiger partial charge is 0.390 e. The van der Waals surface area contributed by atoms with Crippen molar-refractivity contribution in [3.8, 4) is 0 Å². The second-order valence-electron chi connectivity index (χ2n) is 8.94. The summed E-state index contributed by atoms with van der Waals surface area (Å²) in [5.74, 6) is -0.103. The Morgan fingerprint density at radius 1 is 1.11 bits per heavy atom. The molecule has 26 heteroatoms. The topological polar surface area (TPSA) is 340 Å². The van der Waals surface area contributed by atoms with Gasteiger partial charge in [0.25, 0.3) is 5.56 Å². The summed E-state index contributed by atoms with van der Waals surface area (Å²) in [5, 5.41) is 15.9. The molecular formula is C19H25N8O15P3.